The molecule has 0 fully saturated rings. The van der Waals surface area contributed by atoms with Gasteiger partial charge in [0.15, 0.2) is 0 Å². The lowest BCUT2D eigenvalue weighted by molar-refractivity contribution is 0.0795. The van der Waals surface area contributed by atoms with E-state index in [0.29, 0.717) is 18.7 Å². The van der Waals surface area contributed by atoms with Crippen molar-refractivity contribution >= 4 is 5.91 Å². The monoisotopic (exact) mass is 300 g/mol. The summed E-state index contributed by atoms with van der Waals surface area (Å²) in [6.45, 7) is 4.21. The van der Waals surface area contributed by atoms with Crippen LogP contribution in [0.2, 0.25) is 0 Å². The van der Waals surface area contributed by atoms with E-state index in [0.717, 1.165) is 18.7 Å². The van der Waals surface area contributed by atoms with E-state index in [4.69, 9.17) is 0 Å². The van der Waals surface area contributed by atoms with E-state index in [2.05, 4.69) is 29.5 Å². The highest BCUT2D eigenvalue weighted by Crippen LogP contribution is 2.14. The minimum atomic E-state index is 0.0337. The molecular weight excluding hydrogens is 276 g/mol. The van der Waals surface area contributed by atoms with Gasteiger partial charge in [0.25, 0.3) is 5.91 Å². The third kappa shape index (κ3) is 3.74. The van der Waals surface area contributed by atoms with Crippen LogP contribution in [0, 0.1) is 0 Å². The summed E-state index contributed by atoms with van der Waals surface area (Å²) in [5, 5.41) is 7.48. The molecule has 0 unspecified atom stereocenters. The number of nitrogens with one attached hydrogen (secondary N) is 1. The molecule has 0 saturated heterocycles. The molecule has 5 nitrogen and oxygen atoms in total. The fraction of sp³-hybridized carbons (Fsp3) is 0.412. The minimum absolute atomic E-state index is 0.0337. The van der Waals surface area contributed by atoms with Gasteiger partial charge < -0.3 is 10.2 Å². The van der Waals surface area contributed by atoms with Gasteiger partial charge in [-0.3, -0.25) is 9.48 Å². The minimum Gasteiger partial charge on any atom is -0.340 e. The van der Waals surface area contributed by atoms with Crippen molar-refractivity contribution in [3.63, 3.8) is 0 Å². The summed E-state index contributed by atoms with van der Waals surface area (Å²) in [6.07, 6.45) is 2.48. The first kappa shape index (κ1) is 16.2. The Labute approximate surface area is 131 Å². The van der Waals surface area contributed by atoms with E-state index in [9.17, 15) is 4.79 Å². The van der Waals surface area contributed by atoms with Crippen LogP contribution in [-0.4, -0.2) is 47.8 Å². The molecule has 22 heavy (non-hydrogen) atoms. The van der Waals surface area contributed by atoms with E-state index >= 15 is 0 Å². The highest BCUT2D eigenvalue weighted by atomic mass is 16.2. The predicted octanol–water partition coefficient (Wildman–Crippen LogP) is 1.79. The van der Waals surface area contributed by atoms with Crippen LogP contribution in [0.3, 0.4) is 0 Å². The number of hydrogen-bond donors (Lipinski definition) is 1. The summed E-state index contributed by atoms with van der Waals surface area (Å²) in [6, 6.07) is 10.2. The molecule has 0 atom stereocenters. The van der Waals surface area contributed by atoms with E-state index < -0.39 is 0 Å². The molecule has 1 heterocycles. The van der Waals surface area contributed by atoms with Gasteiger partial charge in [-0.1, -0.05) is 37.3 Å². The largest absolute Gasteiger partial charge is 0.340 e. The first-order valence-corrected chi connectivity index (χ1v) is 7.66. The molecule has 0 aliphatic rings. The smallest absolute Gasteiger partial charge is 0.257 e. The molecule has 0 aliphatic heterocycles. The second kappa shape index (κ2) is 7.75. The number of amides is 1. The normalized spacial score (nSPS) is 10.7. The van der Waals surface area contributed by atoms with Gasteiger partial charge in [-0.25, -0.2) is 0 Å². The van der Waals surface area contributed by atoms with Crippen molar-refractivity contribution in [3.05, 3.63) is 53.3 Å². The van der Waals surface area contributed by atoms with Crippen molar-refractivity contribution in [2.75, 3.05) is 27.2 Å². The Hall–Kier alpha value is -2.14. The standard InChI is InChI=1S/C17H24N4O/c1-4-16-15(17(22)20(3)11-10-18-2)12-19-21(16)13-14-8-6-5-7-9-14/h5-9,12,18H,4,10-11,13H2,1-3H3. The van der Waals surface area contributed by atoms with E-state index in [1.165, 1.54) is 5.56 Å². The zero-order chi connectivity index (χ0) is 15.9. The van der Waals surface area contributed by atoms with Crippen LogP contribution in [0.25, 0.3) is 0 Å². The summed E-state index contributed by atoms with van der Waals surface area (Å²) >= 11 is 0. The fourth-order valence-electron chi connectivity index (χ4n) is 2.44. The molecule has 118 valence electrons. The third-order valence-corrected chi connectivity index (χ3v) is 3.73. The number of likely N-dealkylation sites (N-methyl/N-ethyl adjacent to an activating group) is 2. The van der Waals surface area contributed by atoms with Crippen LogP contribution < -0.4 is 5.32 Å². The fourth-order valence-corrected chi connectivity index (χ4v) is 2.44. The Balaban J connectivity index is 2.18. The summed E-state index contributed by atoms with van der Waals surface area (Å²) in [5.74, 6) is 0.0337. The van der Waals surface area contributed by atoms with E-state index in [1.807, 2.05) is 37.0 Å². The summed E-state index contributed by atoms with van der Waals surface area (Å²) in [5.41, 5.74) is 2.88. The summed E-state index contributed by atoms with van der Waals surface area (Å²) < 4.78 is 1.93. The second-order valence-electron chi connectivity index (χ2n) is 5.33. The van der Waals surface area contributed by atoms with Gasteiger partial charge in [-0.15, -0.1) is 0 Å². The van der Waals surface area contributed by atoms with Crippen molar-refractivity contribution in [1.82, 2.24) is 20.0 Å². The summed E-state index contributed by atoms with van der Waals surface area (Å²) in [7, 11) is 3.71. The maximum absolute atomic E-state index is 12.5. The first-order valence-electron chi connectivity index (χ1n) is 7.66. The third-order valence-electron chi connectivity index (χ3n) is 3.73. The highest BCUT2D eigenvalue weighted by Gasteiger charge is 2.19. The zero-order valence-corrected chi connectivity index (χ0v) is 13.5. The average Bonchev–Trinajstić information content (AvgIpc) is 2.95. The van der Waals surface area contributed by atoms with Crippen molar-refractivity contribution < 1.29 is 4.79 Å². The van der Waals surface area contributed by atoms with Gasteiger partial charge in [0, 0.05) is 20.1 Å². The molecular formula is C17H24N4O. The molecule has 5 heteroatoms. The van der Waals surface area contributed by atoms with Crippen molar-refractivity contribution in [2.45, 2.75) is 19.9 Å². The van der Waals surface area contributed by atoms with Gasteiger partial charge in [-0.2, -0.15) is 5.10 Å². The Morgan fingerprint density at radius 1 is 1.32 bits per heavy atom. The van der Waals surface area contributed by atoms with Crippen LogP contribution in [0.5, 0.6) is 0 Å². The molecule has 0 bridgehead atoms. The number of benzene rings is 1. The van der Waals surface area contributed by atoms with Crippen LogP contribution in [0.4, 0.5) is 0 Å². The molecule has 2 rings (SSSR count). The zero-order valence-electron chi connectivity index (χ0n) is 13.5. The lowest BCUT2D eigenvalue weighted by Crippen LogP contribution is -2.33. The van der Waals surface area contributed by atoms with Crippen LogP contribution in [0.15, 0.2) is 36.5 Å². The number of rotatable bonds is 7. The second-order valence-corrected chi connectivity index (χ2v) is 5.33. The average molecular weight is 300 g/mol. The quantitative estimate of drug-likeness (QED) is 0.848. The van der Waals surface area contributed by atoms with Crippen molar-refractivity contribution in [2.24, 2.45) is 0 Å². The van der Waals surface area contributed by atoms with Crippen molar-refractivity contribution in [1.29, 1.82) is 0 Å². The van der Waals surface area contributed by atoms with Gasteiger partial charge in [0.05, 0.1) is 24.0 Å². The van der Waals surface area contributed by atoms with Crippen LogP contribution >= 0.6 is 0 Å². The Bertz CT molecular complexity index is 606. The molecule has 1 N–H and O–H groups in total. The van der Waals surface area contributed by atoms with Crippen LogP contribution in [0.1, 0.15) is 28.5 Å². The SMILES string of the molecule is CCc1c(C(=O)N(C)CCNC)cnn1Cc1ccccc1. The van der Waals surface area contributed by atoms with E-state index in [-0.39, 0.29) is 5.91 Å². The maximum Gasteiger partial charge on any atom is 0.257 e. The first-order chi connectivity index (χ1) is 10.7. The molecule has 1 aromatic heterocycles. The van der Waals surface area contributed by atoms with E-state index in [1.54, 1.807) is 11.1 Å². The molecule has 0 aliphatic carbocycles. The number of nitrogens with zero attached hydrogens (tertiary/aromatic N) is 3. The van der Waals surface area contributed by atoms with Crippen molar-refractivity contribution in [3.8, 4) is 0 Å². The van der Waals surface area contributed by atoms with Gasteiger partial charge >= 0.3 is 0 Å². The summed E-state index contributed by atoms with van der Waals surface area (Å²) in [4.78, 5) is 14.3. The lowest BCUT2D eigenvalue weighted by Gasteiger charge is -2.17. The number of carbonyl (C=O) groups excluding carboxylic acids is 1. The predicted molar refractivity (Wildman–Crippen MR) is 88.0 cm³/mol. The van der Waals surface area contributed by atoms with Crippen LogP contribution in [-0.2, 0) is 13.0 Å². The Morgan fingerprint density at radius 3 is 2.68 bits per heavy atom. The van der Waals surface area contributed by atoms with Gasteiger partial charge in [-0.05, 0) is 19.0 Å². The Morgan fingerprint density at radius 2 is 2.05 bits per heavy atom. The Kier molecular flexibility index (Phi) is 5.72. The highest BCUT2D eigenvalue weighted by molar-refractivity contribution is 5.95. The number of aromatic nitrogens is 2. The lowest BCUT2D eigenvalue weighted by atomic mass is 10.1. The molecule has 0 radical (unpaired) electrons. The topological polar surface area (TPSA) is 50.2 Å². The number of hydrogen-bond acceptors (Lipinski definition) is 3. The number of carbonyl (C=O) groups is 1. The molecule has 1 aromatic carbocycles. The molecule has 2 aromatic rings. The van der Waals surface area contributed by atoms with Gasteiger partial charge in [0.2, 0.25) is 0 Å². The molecule has 0 spiro atoms. The maximum atomic E-state index is 12.5. The molecule has 1 amide bonds. The van der Waals surface area contributed by atoms with Gasteiger partial charge in [0.1, 0.15) is 0 Å². The molecule has 0 saturated carbocycles.